The molecule has 1 atom stereocenters. The second-order valence-corrected chi connectivity index (χ2v) is 8.79. The third-order valence-corrected chi connectivity index (χ3v) is 4.70. The van der Waals surface area contributed by atoms with Crippen molar-refractivity contribution in [1.82, 2.24) is 0 Å². The van der Waals surface area contributed by atoms with Crippen LogP contribution in [0.25, 0.3) is 6.08 Å². The molecule has 1 N–H and O–H groups in total. The molecule has 2 rings (SSSR count). The molecule has 0 saturated heterocycles. The fourth-order valence-corrected chi connectivity index (χ4v) is 3.24. The predicted molar refractivity (Wildman–Crippen MR) is 92.7 cm³/mol. The molecule has 0 aliphatic heterocycles. The number of carbonyl (C=O) groups is 1. The second-order valence-electron chi connectivity index (χ2n) is 8.79. The molecule has 5 heteroatoms. The van der Waals surface area contributed by atoms with E-state index < -0.39 is 23.6 Å². The van der Waals surface area contributed by atoms with Gasteiger partial charge in [0.25, 0.3) is 0 Å². The smallest absolute Gasteiger partial charge is 0.396 e. The van der Waals surface area contributed by atoms with Crippen LogP contribution in [0.1, 0.15) is 63.8 Å². The van der Waals surface area contributed by atoms with Gasteiger partial charge < -0.3 is 5.11 Å². The normalized spacial score (nSPS) is 18.6. The number of halogens is 3. The Kier molecular flexibility index (Phi) is 4.60. The van der Waals surface area contributed by atoms with E-state index >= 15 is 0 Å². The van der Waals surface area contributed by atoms with Gasteiger partial charge in [0.1, 0.15) is 0 Å². The van der Waals surface area contributed by atoms with Crippen LogP contribution in [0.15, 0.2) is 17.7 Å². The zero-order chi connectivity index (χ0) is 19.4. The van der Waals surface area contributed by atoms with Crippen molar-refractivity contribution in [3.05, 3.63) is 40.0 Å². The highest BCUT2D eigenvalue weighted by atomic mass is 19.4. The van der Waals surface area contributed by atoms with Crippen molar-refractivity contribution >= 4 is 12.0 Å². The number of fused-ring (bicyclic) bond motifs is 1. The van der Waals surface area contributed by atoms with E-state index in [0.717, 1.165) is 11.1 Å². The third kappa shape index (κ3) is 3.91. The van der Waals surface area contributed by atoms with Gasteiger partial charge in [-0.15, -0.1) is 0 Å². The first kappa shape index (κ1) is 19.5. The van der Waals surface area contributed by atoms with Gasteiger partial charge in [-0.25, -0.2) is 4.79 Å². The lowest BCUT2D eigenvalue weighted by Gasteiger charge is -2.33. The van der Waals surface area contributed by atoms with Crippen molar-refractivity contribution in [2.24, 2.45) is 5.92 Å². The molecule has 1 aromatic carbocycles. The monoisotopic (exact) mass is 354 g/mol. The minimum Gasteiger partial charge on any atom is -0.478 e. The zero-order valence-corrected chi connectivity index (χ0v) is 15.5. The van der Waals surface area contributed by atoms with E-state index in [4.69, 9.17) is 0 Å². The number of carboxylic acid groups (broad SMARTS) is 1. The van der Waals surface area contributed by atoms with Gasteiger partial charge in [-0.05, 0) is 45.6 Å². The maximum Gasteiger partial charge on any atom is 0.396 e. The quantitative estimate of drug-likeness (QED) is 0.725. The van der Waals surface area contributed by atoms with Gasteiger partial charge >= 0.3 is 12.1 Å². The Bertz CT molecular complexity index is 729. The van der Waals surface area contributed by atoms with E-state index in [1.54, 1.807) is 0 Å². The Hall–Kier alpha value is -1.78. The molecule has 0 heterocycles. The number of hydrogen-bond donors (Lipinski definition) is 1. The summed E-state index contributed by atoms with van der Waals surface area (Å²) in [5.74, 6) is -3.48. The van der Waals surface area contributed by atoms with Crippen molar-refractivity contribution in [2.75, 3.05) is 0 Å². The summed E-state index contributed by atoms with van der Waals surface area (Å²) in [6.07, 6.45) is -3.70. The fraction of sp³-hybridized carbons (Fsp3) is 0.550. The molecule has 1 unspecified atom stereocenters. The molecule has 0 amide bonds. The van der Waals surface area contributed by atoms with E-state index in [2.05, 4.69) is 0 Å². The average molecular weight is 354 g/mol. The minimum absolute atomic E-state index is 0.187. The van der Waals surface area contributed by atoms with Crippen LogP contribution in [0, 0.1) is 5.92 Å². The Morgan fingerprint density at radius 2 is 1.60 bits per heavy atom. The molecule has 1 aliphatic rings. The zero-order valence-electron chi connectivity index (χ0n) is 15.5. The highest BCUT2D eigenvalue weighted by Gasteiger charge is 2.46. The molecule has 2 nitrogen and oxygen atoms in total. The summed E-state index contributed by atoms with van der Waals surface area (Å²) in [7, 11) is 0. The van der Waals surface area contributed by atoms with Gasteiger partial charge in [-0.2, -0.15) is 13.2 Å². The lowest BCUT2D eigenvalue weighted by molar-refractivity contribution is -0.169. The standard InChI is InChI=1S/C20H25F3O2/c1-18(2,3)12-7-11-8-14(17(24)25)16(20(21,22)23)10-13(11)15(9-12)19(4,5)6/h7-9,16H,10H2,1-6H3,(H,24,25). The summed E-state index contributed by atoms with van der Waals surface area (Å²) >= 11 is 0. The number of benzene rings is 1. The number of aliphatic carboxylic acids is 1. The highest BCUT2D eigenvalue weighted by molar-refractivity contribution is 5.94. The van der Waals surface area contributed by atoms with Crippen molar-refractivity contribution in [3.63, 3.8) is 0 Å². The Labute approximate surface area is 146 Å². The van der Waals surface area contributed by atoms with Crippen molar-refractivity contribution in [1.29, 1.82) is 0 Å². The Balaban J connectivity index is 2.79. The topological polar surface area (TPSA) is 37.3 Å². The lowest BCUT2D eigenvalue weighted by atomic mass is 9.72. The number of carboxylic acids is 1. The molecular formula is C20H25F3O2. The third-order valence-electron chi connectivity index (χ3n) is 4.70. The molecule has 138 valence electrons. The largest absolute Gasteiger partial charge is 0.478 e. The summed E-state index contributed by atoms with van der Waals surface area (Å²) in [4.78, 5) is 11.4. The van der Waals surface area contributed by atoms with Crippen LogP contribution in [-0.2, 0) is 22.0 Å². The van der Waals surface area contributed by atoms with Gasteiger partial charge in [0, 0.05) is 0 Å². The molecular weight excluding hydrogens is 329 g/mol. The van der Waals surface area contributed by atoms with E-state index in [-0.39, 0.29) is 17.3 Å². The maximum atomic E-state index is 13.4. The van der Waals surface area contributed by atoms with E-state index in [1.165, 1.54) is 6.08 Å². The summed E-state index contributed by atoms with van der Waals surface area (Å²) < 4.78 is 40.3. The van der Waals surface area contributed by atoms with Crippen LogP contribution in [0.5, 0.6) is 0 Å². The van der Waals surface area contributed by atoms with Crippen molar-refractivity contribution in [3.8, 4) is 0 Å². The van der Waals surface area contributed by atoms with E-state index in [1.807, 2.05) is 53.7 Å². The second kappa shape index (κ2) is 5.89. The summed E-state index contributed by atoms with van der Waals surface area (Å²) in [6, 6.07) is 3.81. The summed E-state index contributed by atoms with van der Waals surface area (Å²) in [5.41, 5.74) is 1.94. The summed E-state index contributed by atoms with van der Waals surface area (Å²) in [5, 5.41) is 9.29. The van der Waals surface area contributed by atoms with Crippen LogP contribution in [0.4, 0.5) is 13.2 Å². The Morgan fingerprint density at radius 1 is 1.04 bits per heavy atom. The van der Waals surface area contributed by atoms with Gasteiger partial charge in [-0.1, -0.05) is 53.7 Å². The average Bonchev–Trinajstić information content (AvgIpc) is 2.41. The fourth-order valence-electron chi connectivity index (χ4n) is 3.24. The molecule has 0 aromatic heterocycles. The highest BCUT2D eigenvalue weighted by Crippen LogP contribution is 2.44. The number of hydrogen-bond acceptors (Lipinski definition) is 1. The first-order valence-electron chi connectivity index (χ1n) is 8.32. The van der Waals surface area contributed by atoms with Gasteiger partial charge in [0.2, 0.25) is 0 Å². The Morgan fingerprint density at radius 3 is 2.00 bits per heavy atom. The van der Waals surface area contributed by atoms with Gasteiger partial charge in [0.15, 0.2) is 0 Å². The first-order valence-corrected chi connectivity index (χ1v) is 8.32. The SMILES string of the molecule is CC(C)(C)c1cc2c(c(C(C)(C)C)c1)CC(C(F)(F)F)C(C(=O)O)=C2. The molecule has 0 radical (unpaired) electrons. The minimum atomic E-state index is -4.58. The van der Waals surface area contributed by atoms with Crippen LogP contribution in [0.2, 0.25) is 0 Å². The van der Waals surface area contributed by atoms with Crippen LogP contribution in [0.3, 0.4) is 0 Å². The molecule has 1 aromatic rings. The van der Waals surface area contributed by atoms with E-state index in [9.17, 15) is 23.1 Å². The molecule has 0 bridgehead atoms. The number of alkyl halides is 3. The van der Waals surface area contributed by atoms with Crippen LogP contribution in [-0.4, -0.2) is 17.3 Å². The molecule has 1 aliphatic carbocycles. The molecule has 0 saturated carbocycles. The molecule has 0 fully saturated rings. The summed E-state index contributed by atoms with van der Waals surface area (Å²) in [6.45, 7) is 12.0. The van der Waals surface area contributed by atoms with Gasteiger partial charge in [-0.3, -0.25) is 0 Å². The number of rotatable bonds is 1. The lowest BCUT2D eigenvalue weighted by Crippen LogP contribution is -2.33. The van der Waals surface area contributed by atoms with Gasteiger partial charge in [0.05, 0.1) is 11.5 Å². The van der Waals surface area contributed by atoms with Crippen molar-refractivity contribution < 1.29 is 23.1 Å². The van der Waals surface area contributed by atoms with Crippen molar-refractivity contribution in [2.45, 2.75) is 65.0 Å². The molecule has 0 spiro atoms. The first-order chi connectivity index (χ1) is 11.1. The van der Waals surface area contributed by atoms with Crippen LogP contribution < -0.4 is 0 Å². The maximum absolute atomic E-state index is 13.4. The molecule has 25 heavy (non-hydrogen) atoms. The predicted octanol–water partition coefficient (Wildman–Crippen LogP) is 5.48. The van der Waals surface area contributed by atoms with E-state index in [0.29, 0.717) is 11.1 Å². The van der Waals surface area contributed by atoms with Crippen LogP contribution >= 0.6 is 0 Å².